The first-order valence-corrected chi connectivity index (χ1v) is 10.8. The van der Waals surface area contributed by atoms with Crippen molar-refractivity contribution in [3.05, 3.63) is 83.4 Å². The van der Waals surface area contributed by atoms with Crippen LogP contribution in [0.5, 0.6) is 5.75 Å². The molecule has 0 aliphatic heterocycles. The van der Waals surface area contributed by atoms with Crippen molar-refractivity contribution in [2.45, 2.75) is 12.8 Å². The van der Waals surface area contributed by atoms with Crippen LogP contribution in [0.25, 0.3) is 32.5 Å². The van der Waals surface area contributed by atoms with Gasteiger partial charge in [-0.25, -0.2) is 0 Å². The number of hydrogen-bond donors (Lipinski definition) is 1. The van der Waals surface area contributed by atoms with Gasteiger partial charge < -0.3 is 14.4 Å². The minimum atomic E-state index is 0. The molecule has 0 aliphatic carbocycles. The Morgan fingerprint density at radius 1 is 1.06 bits per heavy atom. The van der Waals surface area contributed by atoms with Crippen LogP contribution in [0.1, 0.15) is 12.0 Å². The Morgan fingerprint density at radius 2 is 1.94 bits per heavy atom. The first kappa shape index (κ1) is 21.8. The molecule has 5 rings (SSSR count). The molecule has 0 fully saturated rings. The molecule has 0 amide bonds. The number of halogens is 1. The Labute approximate surface area is 194 Å². The molecule has 1 N–H and O–H groups in total. The molecule has 8 heteroatoms. The molecule has 4 aromatic heterocycles. The number of benzene rings is 1. The van der Waals surface area contributed by atoms with E-state index in [4.69, 9.17) is 9.15 Å². The molecule has 4 heterocycles. The predicted molar refractivity (Wildman–Crippen MR) is 127 cm³/mol. The molecular formula is C24H20ClN3O3S. The van der Waals surface area contributed by atoms with E-state index >= 15 is 0 Å². The summed E-state index contributed by atoms with van der Waals surface area (Å²) in [5, 5.41) is 17.3. The quantitative estimate of drug-likeness (QED) is 0.194. The van der Waals surface area contributed by atoms with E-state index in [9.17, 15) is 5.21 Å². The molecule has 1 aromatic carbocycles. The summed E-state index contributed by atoms with van der Waals surface area (Å²) in [6.45, 7) is 0.583. The van der Waals surface area contributed by atoms with Crippen molar-refractivity contribution in [2.24, 2.45) is 5.16 Å². The summed E-state index contributed by atoms with van der Waals surface area (Å²) in [5.74, 6) is 1.25. The average Bonchev–Trinajstić information content (AvgIpc) is 3.30. The fraction of sp³-hybridized carbons (Fsp3) is 0.125. The second-order valence-electron chi connectivity index (χ2n) is 7.09. The molecule has 0 spiro atoms. The second-order valence-corrected chi connectivity index (χ2v) is 8.04. The molecular weight excluding hydrogens is 446 g/mol. The van der Waals surface area contributed by atoms with Crippen LogP contribution in [-0.2, 0) is 6.42 Å². The van der Waals surface area contributed by atoms with E-state index in [0.717, 1.165) is 22.9 Å². The zero-order valence-corrected chi connectivity index (χ0v) is 18.6. The summed E-state index contributed by atoms with van der Waals surface area (Å²) >= 11 is 1.65. The van der Waals surface area contributed by atoms with Crippen LogP contribution in [0.4, 0.5) is 0 Å². The molecule has 32 heavy (non-hydrogen) atoms. The average molecular weight is 466 g/mol. The summed E-state index contributed by atoms with van der Waals surface area (Å²) in [6.07, 6.45) is 7.23. The lowest BCUT2D eigenvalue weighted by atomic mass is 10.1. The van der Waals surface area contributed by atoms with Crippen LogP contribution in [-0.4, -0.2) is 21.8 Å². The SMILES string of the molecule is Cl.ON=c1cc(-c2cc3sccc3cn2)oc2ccc(OCCCc3ccncc3)cc12. The third-order valence-electron chi connectivity index (χ3n) is 5.04. The van der Waals surface area contributed by atoms with E-state index in [0.29, 0.717) is 40.1 Å². The maximum atomic E-state index is 9.60. The summed E-state index contributed by atoms with van der Waals surface area (Å²) in [4.78, 5) is 8.51. The maximum absolute atomic E-state index is 9.60. The van der Waals surface area contributed by atoms with Crippen molar-refractivity contribution < 1.29 is 14.4 Å². The first-order valence-electron chi connectivity index (χ1n) is 9.91. The highest BCUT2D eigenvalue weighted by molar-refractivity contribution is 7.17. The fourth-order valence-corrected chi connectivity index (χ4v) is 4.25. The van der Waals surface area contributed by atoms with Crippen LogP contribution in [0, 0.1) is 0 Å². The van der Waals surface area contributed by atoms with E-state index in [1.54, 1.807) is 29.8 Å². The third kappa shape index (κ3) is 4.59. The van der Waals surface area contributed by atoms with Gasteiger partial charge >= 0.3 is 0 Å². The number of aromatic nitrogens is 2. The van der Waals surface area contributed by atoms with Crippen molar-refractivity contribution >= 4 is 44.8 Å². The van der Waals surface area contributed by atoms with Crippen molar-refractivity contribution in [1.82, 2.24) is 9.97 Å². The van der Waals surface area contributed by atoms with Crippen LogP contribution in [0.2, 0.25) is 0 Å². The van der Waals surface area contributed by atoms with Gasteiger partial charge in [-0.1, -0.05) is 5.16 Å². The summed E-state index contributed by atoms with van der Waals surface area (Å²) in [6, 6.07) is 15.2. The van der Waals surface area contributed by atoms with Crippen molar-refractivity contribution in [3.8, 4) is 17.2 Å². The fourth-order valence-electron chi connectivity index (χ4n) is 3.45. The van der Waals surface area contributed by atoms with Gasteiger partial charge in [0.25, 0.3) is 0 Å². The Bertz CT molecular complexity index is 1420. The van der Waals surface area contributed by atoms with Gasteiger partial charge in [0.1, 0.15) is 22.4 Å². The molecule has 0 radical (unpaired) electrons. The topological polar surface area (TPSA) is 80.7 Å². The lowest BCUT2D eigenvalue weighted by Gasteiger charge is -2.08. The minimum Gasteiger partial charge on any atom is -0.494 e. The molecule has 0 atom stereocenters. The van der Waals surface area contributed by atoms with Crippen LogP contribution < -0.4 is 10.1 Å². The number of pyridine rings is 2. The predicted octanol–water partition coefficient (Wildman–Crippen LogP) is 5.83. The van der Waals surface area contributed by atoms with Crippen LogP contribution in [0.3, 0.4) is 0 Å². The number of hydrogen-bond acceptors (Lipinski definition) is 7. The van der Waals surface area contributed by atoms with Gasteiger partial charge in [-0.15, -0.1) is 23.7 Å². The molecule has 6 nitrogen and oxygen atoms in total. The number of ether oxygens (including phenoxy) is 1. The molecule has 0 bridgehead atoms. The highest BCUT2D eigenvalue weighted by Crippen LogP contribution is 2.27. The zero-order valence-electron chi connectivity index (χ0n) is 17.0. The monoisotopic (exact) mass is 465 g/mol. The standard InChI is InChI=1S/C24H19N3O3S.ClH/c28-27-20-13-23(21-14-24-17(15-26-21)7-11-31-24)30-22-4-3-18(12-19(20)22)29-10-1-2-16-5-8-25-9-6-16;/h3-9,11-15,28H,1-2,10H2;1H. The summed E-state index contributed by atoms with van der Waals surface area (Å²) in [7, 11) is 0. The summed E-state index contributed by atoms with van der Waals surface area (Å²) < 4.78 is 13.1. The van der Waals surface area contributed by atoms with Crippen LogP contribution >= 0.6 is 23.7 Å². The van der Waals surface area contributed by atoms with Gasteiger partial charge in [-0.05, 0) is 66.2 Å². The van der Waals surface area contributed by atoms with E-state index in [2.05, 4.69) is 15.1 Å². The largest absolute Gasteiger partial charge is 0.494 e. The Morgan fingerprint density at radius 3 is 2.78 bits per heavy atom. The van der Waals surface area contributed by atoms with Crippen LogP contribution in [0.15, 0.2) is 82.1 Å². The van der Waals surface area contributed by atoms with E-state index in [1.165, 1.54) is 5.56 Å². The highest BCUT2D eigenvalue weighted by atomic mass is 35.5. The number of thiophene rings is 1. The molecule has 0 unspecified atom stereocenters. The highest BCUT2D eigenvalue weighted by Gasteiger charge is 2.10. The zero-order chi connectivity index (χ0) is 21.0. The molecule has 162 valence electrons. The van der Waals surface area contributed by atoms with E-state index in [1.807, 2.05) is 54.0 Å². The van der Waals surface area contributed by atoms with E-state index in [-0.39, 0.29) is 12.4 Å². The second kappa shape index (κ2) is 9.80. The molecule has 5 aromatic rings. The van der Waals surface area contributed by atoms with Gasteiger partial charge in [0.05, 0.1) is 12.0 Å². The number of rotatable bonds is 6. The van der Waals surface area contributed by atoms with Crippen molar-refractivity contribution in [1.29, 1.82) is 0 Å². The van der Waals surface area contributed by atoms with Gasteiger partial charge in [-0.3, -0.25) is 9.97 Å². The van der Waals surface area contributed by atoms with E-state index < -0.39 is 0 Å². The van der Waals surface area contributed by atoms with Crippen molar-refractivity contribution in [2.75, 3.05) is 6.61 Å². The van der Waals surface area contributed by atoms with Gasteiger partial charge in [0, 0.05) is 34.7 Å². The summed E-state index contributed by atoms with van der Waals surface area (Å²) in [5.41, 5.74) is 2.53. The number of nitrogens with zero attached hydrogens (tertiary/aromatic N) is 3. The van der Waals surface area contributed by atoms with Gasteiger partial charge in [-0.2, -0.15) is 0 Å². The Kier molecular flexibility index (Phi) is 6.68. The third-order valence-corrected chi connectivity index (χ3v) is 5.92. The maximum Gasteiger partial charge on any atom is 0.155 e. The first-order chi connectivity index (χ1) is 15.3. The number of aryl methyl sites for hydroxylation is 1. The van der Waals surface area contributed by atoms with Gasteiger partial charge in [0.2, 0.25) is 0 Å². The Balaban J connectivity index is 0.00000245. The van der Waals surface area contributed by atoms with Crippen molar-refractivity contribution in [3.63, 3.8) is 0 Å². The minimum absolute atomic E-state index is 0. The lowest BCUT2D eigenvalue weighted by molar-refractivity contribution is 0.302. The molecule has 0 saturated heterocycles. The van der Waals surface area contributed by atoms with Gasteiger partial charge in [0.15, 0.2) is 5.76 Å². The lowest BCUT2D eigenvalue weighted by Crippen LogP contribution is -2.05. The smallest absolute Gasteiger partial charge is 0.155 e. The number of fused-ring (bicyclic) bond motifs is 2. The normalized spacial score (nSPS) is 11.6. The molecule has 0 aliphatic rings. The Hall–Kier alpha value is -3.42. The molecule has 0 saturated carbocycles.